The molecule has 1 aromatic carbocycles. The van der Waals surface area contributed by atoms with Crippen LogP contribution >= 0.6 is 0 Å². The van der Waals surface area contributed by atoms with Gasteiger partial charge in [-0.05, 0) is 24.8 Å². The van der Waals surface area contributed by atoms with Gasteiger partial charge in [-0.25, -0.2) is 0 Å². The van der Waals surface area contributed by atoms with Gasteiger partial charge in [0.25, 0.3) is 0 Å². The molecule has 0 amide bonds. The minimum atomic E-state index is 0.171. The van der Waals surface area contributed by atoms with Crippen LogP contribution < -0.4 is 0 Å². The van der Waals surface area contributed by atoms with Gasteiger partial charge in [0, 0.05) is 12.3 Å². The largest absolute Gasteiger partial charge is 0.299 e. The molecule has 1 nitrogen and oxygen atoms in total. The van der Waals surface area contributed by atoms with Crippen LogP contribution in [0.4, 0.5) is 0 Å². The number of aryl methyl sites for hydroxylation is 1. The second-order valence-corrected chi connectivity index (χ2v) is 4.97. The molecule has 88 valence electrons. The molecule has 0 aromatic heterocycles. The van der Waals surface area contributed by atoms with Crippen molar-refractivity contribution < 1.29 is 4.79 Å². The summed E-state index contributed by atoms with van der Waals surface area (Å²) in [6.07, 6.45) is 1.66. The summed E-state index contributed by atoms with van der Waals surface area (Å²) >= 11 is 0. The lowest BCUT2D eigenvalue weighted by Crippen LogP contribution is -2.08. The first-order valence-corrected chi connectivity index (χ1v) is 6.10. The van der Waals surface area contributed by atoms with Crippen molar-refractivity contribution in [2.75, 3.05) is 0 Å². The van der Waals surface area contributed by atoms with Crippen LogP contribution in [0.15, 0.2) is 24.3 Å². The molecule has 0 aliphatic carbocycles. The van der Waals surface area contributed by atoms with Gasteiger partial charge in [-0.3, -0.25) is 4.79 Å². The molecular weight excluding hydrogens is 196 g/mol. The molecule has 0 bridgehead atoms. The zero-order valence-electron chi connectivity index (χ0n) is 10.8. The maximum absolute atomic E-state index is 11.5. The van der Waals surface area contributed by atoms with Gasteiger partial charge >= 0.3 is 0 Å². The third-order valence-corrected chi connectivity index (χ3v) is 3.11. The maximum atomic E-state index is 11.5. The Kier molecular flexibility index (Phi) is 4.72. The zero-order chi connectivity index (χ0) is 12.1. The fraction of sp³-hybridized carbons (Fsp3) is 0.533. The minimum absolute atomic E-state index is 0.171. The van der Waals surface area contributed by atoms with Crippen LogP contribution in [0.1, 0.15) is 50.7 Å². The van der Waals surface area contributed by atoms with Gasteiger partial charge in [0.2, 0.25) is 0 Å². The number of hydrogen-bond donors (Lipinski definition) is 0. The number of carbonyl (C=O) groups excluding carboxylic acids is 1. The lowest BCUT2D eigenvalue weighted by atomic mass is 9.92. The Morgan fingerprint density at radius 1 is 1.12 bits per heavy atom. The van der Waals surface area contributed by atoms with E-state index >= 15 is 0 Å². The van der Waals surface area contributed by atoms with E-state index in [1.165, 1.54) is 11.1 Å². The summed E-state index contributed by atoms with van der Waals surface area (Å²) in [4.78, 5) is 11.5. The first-order chi connectivity index (χ1) is 7.50. The summed E-state index contributed by atoms with van der Waals surface area (Å²) < 4.78 is 0. The Morgan fingerprint density at radius 3 is 2.19 bits per heavy atom. The second kappa shape index (κ2) is 5.83. The van der Waals surface area contributed by atoms with Crippen LogP contribution in [0.5, 0.6) is 0 Å². The van der Waals surface area contributed by atoms with Crippen molar-refractivity contribution in [1.29, 1.82) is 0 Å². The highest BCUT2D eigenvalue weighted by Crippen LogP contribution is 2.21. The van der Waals surface area contributed by atoms with E-state index in [4.69, 9.17) is 0 Å². The Bertz CT molecular complexity index is 335. The smallest absolute Gasteiger partial charge is 0.135 e. The van der Waals surface area contributed by atoms with E-state index in [1.54, 1.807) is 0 Å². The molecule has 0 unspecified atom stereocenters. The second-order valence-electron chi connectivity index (χ2n) is 4.97. The van der Waals surface area contributed by atoms with E-state index in [2.05, 4.69) is 38.1 Å². The molecule has 0 N–H and O–H groups in total. The van der Waals surface area contributed by atoms with Gasteiger partial charge < -0.3 is 0 Å². The molecule has 0 radical (unpaired) electrons. The van der Waals surface area contributed by atoms with Crippen molar-refractivity contribution in [2.24, 2.45) is 5.92 Å². The molecule has 1 aromatic rings. The van der Waals surface area contributed by atoms with Gasteiger partial charge in [-0.1, -0.05) is 50.6 Å². The van der Waals surface area contributed by atoms with Gasteiger partial charge in [-0.2, -0.15) is 0 Å². The molecule has 0 heterocycles. The highest BCUT2D eigenvalue weighted by Gasteiger charge is 2.11. The molecule has 16 heavy (non-hydrogen) atoms. The van der Waals surface area contributed by atoms with E-state index in [-0.39, 0.29) is 5.92 Å². The molecule has 0 fully saturated rings. The summed E-state index contributed by atoms with van der Waals surface area (Å²) in [6.45, 7) is 8.23. The molecule has 0 spiro atoms. The molecule has 0 saturated carbocycles. The fourth-order valence-electron chi connectivity index (χ4n) is 1.71. The van der Waals surface area contributed by atoms with Crippen molar-refractivity contribution in [3.05, 3.63) is 35.4 Å². The average molecular weight is 218 g/mol. The monoisotopic (exact) mass is 218 g/mol. The van der Waals surface area contributed by atoms with Crippen LogP contribution in [-0.4, -0.2) is 5.78 Å². The van der Waals surface area contributed by atoms with Crippen molar-refractivity contribution in [2.45, 2.75) is 46.5 Å². The highest BCUT2D eigenvalue weighted by molar-refractivity contribution is 5.80. The molecule has 0 aliphatic heterocycles. The Labute approximate surface area is 98.9 Å². The van der Waals surface area contributed by atoms with Gasteiger partial charge in [0.05, 0.1) is 0 Å². The topological polar surface area (TPSA) is 17.1 Å². The number of ketones is 1. The third-order valence-electron chi connectivity index (χ3n) is 3.11. The third kappa shape index (κ3) is 3.80. The number of hydrogen-bond acceptors (Lipinski definition) is 1. The molecule has 1 atom stereocenters. The van der Waals surface area contributed by atoms with Gasteiger partial charge in [0.1, 0.15) is 5.78 Å². The molecule has 0 aliphatic rings. The number of carbonyl (C=O) groups is 1. The van der Waals surface area contributed by atoms with Crippen LogP contribution in [0.2, 0.25) is 0 Å². The lowest BCUT2D eigenvalue weighted by Gasteiger charge is -2.12. The first kappa shape index (κ1) is 13.0. The average Bonchev–Trinajstić information content (AvgIpc) is 2.26. The molecular formula is C15H22O. The predicted molar refractivity (Wildman–Crippen MR) is 68.7 cm³/mol. The number of benzene rings is 1. The van der Waals surface area contributed by atoms with E-state index in [0.29, 0.717) is 18.1 Å². The lowest BCUT2D eigenvalue weighted by molar-refractivity contribution is -0.122. The highest BCUT2D eigenvalue weighted by atomic mass is 16.1. The van der Waals surface area contributed by atoms with E-state index in [9.17, 15) is 4.79 Å². The number of Topliss-reactive ketones (excluding diaryl/α,β-unsaturated/α-hetero) is 1. The first-order valence-electron chi connectivity index (χ1n) is 6.10. The number of rotatable bonds is 5. The van der Waals surface area contributed by atoms with Crippen molar-refractivity contribution in [1.82, 2.24) is 0 Å². The normalized spacial score (nSPS) is 12.8. The van der Waals surface area contributed by atoms with Crippen molar-refractivity contribution in [3.63, 3.8) is 0 Å². The minimum Gasteiger partial charge on any atom is -0.299 e. The summed E-state index contributed by atoms with van der Waals surface area (Å²) in [7, 11) is 0. The van der Waals surface area contributed by atoms with Crippen LogP contribution in [-0.2, 0) is 4.79 Å². The van der Waals surface area contributed by atoms with Crippen molar-refractivity contribution in [3.8, 4) is 0 Å². The summed E-state index contributed by atoms with van der Waals surface area (Å²) in [6, 6.07) is 8.60. The molecule has 1 rings (SSSR count). The van der Waals surface area contributed by atoms with E-state index in [0.717, 1.165) is 6.42 Å². The zero-order valence-corrected chi connectivity index (χ0v) is 10.8. The quantitative estimate of drug-likeness (QED) is 0.727. The standard InChI is InChI=1S/C15H22O/c1-11(2)15(16)10-7-13(4)14-8-5-12(3)6-9-14/h5-6,8-9,11,13H,7,10H2,1-4H3/t13-/m1/s1. The van der Waals surface area contributed by atoms with Gasteiger partial charge in [-0.15, -0.1) is 0 Å². The summed E-state index contributed by atoms with van der Waals surface area (Å²) in [5.74, 6) is 1.02. The molecule has 0 saturated heterocycles. The SMILES string of the molecule is Cc1ccc([C@H](C)CCC(=O)C(C)C)cc1. The summed E-state index contributed by atoms with van der Waals surface area (Å²) in [5, 5.41) is 0. The van der Waals surface area contributed by atoms with Crippen LogP contribution in [0, 0.1) is 12.8 Å². The fourth-order valence-corrected chi connectivity index (χ4v) is 1.71. The van der Waals surface area contributed by atoms with E-state index < -0.39 is 0 Å². The Hall–Kier alpha value is -1.11. The summed E-state index contributed by atoms with van der Waals surface area (Å²) in [5.41, 5.74) is 2.62. The Morgan fingerprint density at radius 2 is 1.69 bits per heavy atom. The van der Waals surface area contributed by atoms with E-state index in [1.807, 2.05) is 13.8 Å². The molecule has 1 heteroatoms. The Balaban J connectivity index is 2.49. The van der Waals surface area contributed by atoms with Crippen LogP contribution in [0.3, 0.4) is 0 Å². The predicted octanol–water partition coefficient (Wildman–Crippen LogP) is 4.10. The maximum Gasteiger partial charge on any atom is 0.135 e. The van der Waals surface area contributed by atoms with Crippen LogP contribution in [0.25, 0.3) is 0 Å². The van der Waals surface area contributed by atoms with Crippen molar-refractivity contribution >= 4 is 5.78 Å². The van der Waals surface area contributed by atoms with Gasteiger partial charge in [0.15, 0.2) is 0 Å².